The first-order valence-corrected chi connectivity index (χ1v) is 8.57. The van der Waals surface area contributed by atoms with E-state index in [1.165, 1.54) is 31.3 Å². The van der Waals surface area contributed by atoms with Crippen LogP contribution in [0.2, 0.25) is 0 Å². The molecule has 0 spiro atoms. The highest BCUT2D eigenvalue weighted by Crippen LogP contribution is 2.39. The molecule has 0 saturated carbocycles. The van der Waals surface area contributed by atoms with Gasteiger partial charge in [0, 0.05) is 37.6 Å². The molecule has 27 heavy (non-hydrogen) atoms. The van der Waals surface area contributed by atoms with E-state index in [1.807, 2.05) is 0 Å². The Kier molecular flexibility index (Phi) is 5.20. The Morgan fingerprint density at radius 1 is 1.11 bits per heavy atom. The van der Waals surface area contributed by atoms with E-state index < -0.39 is 23.2 Å². The van der Waals surface area contributed by atoms with Crippen LogP contribution in [0.15, 0.2) is 35.1 Å². The Bertz CT molecular complexity index is 902. The molecule has 1 N–H and O–H groups in total. The first kappa shape index (κ1) is 18.9. The molecule has 1 aromatic heterocycles. The van der Waals surface area contributed by atoms with Gasteiger partial charge in [0.1, 0.15) is 5.69 Å². The average Bonchev–Trinajstić information content (AvgIpc) is 2.64. The van der Waals surface area contributed by atoms with Gasteiger partial charge < -0.3 is 10.2 Å². The molecule has 0 aliphatic carbocycles. The van der Waals surface area contributed by atoms with Crippen LogP contribution in [-0.2, 0) is 13.2 Å². The summed E-state index contributed by atoms with van der Waals surface area (Å²) in [5, 5.41) is 6.20. The summed E-state index contributed by atoms with van der Waals surface area (Å²) >= 11 is 0. The van der Waals surface area contributed by atoms with Gasteiger partial charge in [-0.05, 0) is 43.5 Å². The number of aryl methyl sites for hydroxylation is 1. The maximum Gasteiger partial charge on any atom is 0.418 e. The number of hydrogen-bond acceptors (Lipinski definition) is 4. The van der Waals surface area contributed by atoms with Crippen molar-refractivity contribution < 1.29 is 18.0 Å². The molecular formula is C18H19F3N4O2. The number of benzene rings is 1. The smallest absolute Gasteiger partial charge is 0.371 e. The van der Waals surface area contributed by atoms with Crippen molar-refractivity contribution in [2.45, 2.75) is 25.4 Å². The summed E-state index contributed by atoms with van der Waals surface area (Å²) in [6.07, 6.45) is -1.82. The Morgan fingerprint density at radius 3 is 2.44 bits per heavy atom. The van der Waals surface area contributed by atoms with Crippen molar-refractivity contribution in [2.75, 3.05) is 23.3 Å². The van der Waals surface area contributed by atoms with E-state index in [0.29, 0.717) is 13.1 Å². The number of nitrogens with zero attached hydrogens (tertiary/aromatic N) is 3. The number of rotatable bonds is 3. The Balaban J connectivity index is 1.88. The minimum absolute atomic E-state index is 0.0173. The highest BCUT2D eigenvalue weighted by Gasteiger charge is 2.35. The Hall–Kier alpha value is -2.84. The van der Waals surface area contributed by atoms with E-state index in [1.54, 1.807) is 4.90 Å². The summed E-state index contributed by atoms with van der Waals surface area (Å²) in [6, 6.07) is 6.16. The van der Waals surface area contributed by atoms with E-state index in [2.05, 4.69) is 10.4 Å². The maximum absolute atomic E-state index is 13.6. The molecule has 1 fully saturated rings. The van der Waals surface area contributed by atoms with Gasteiger partial charge >= 0.3 is 6.18 Å². The van der Waals surface area contributed by atoms with Gasteiger partial charge in [-0.3, -0.25) is 9.59 Å². The van der Waals surface area contributed by atoms with Crippen LogP contribution in [-0.4, -0.2) is 28.8 Å². The summed E-state index contributed by atoms with van der Waals surface area (Å²) in [5.74, 6) is -0.690. The number of hydrogen-bond donors (Lipinski definition) is 1. The predicted molar refractivity (Wildman–Crippen MR) is 94.9 cm³/mol. The molecule has 0 unspecified atom stereocenters. The third-order valence-electron chi connectivity index (χ3n) is 4.45. The Labute approximate surface area is 153 Å². The molecule has 0 atom stereocenters. The quantitative estimate of drug-likeness (QED) is 0.889. The average molecular weight is 380 g/mol. The summed E-state index contributed by atoms with van der Waals surface area (Å²) in [6.45, 7) is 1.16. The lowest BCUT2D eigenvalue weighted by Gasteiger charge is -2.31. The van der Waals surface area contributed by atoms with Gasteiger partial charge in [-0.1, -0.05) is 0 Å². The van der Waals surface area contributed by atoms with Gasteiger partial charge in [0.25, 0.3) is 11.5 Å². The second-order valence-electron chi connectivity index (χ2n) is 6.41. The number of nitrogens with one attached hydrogen (secondary N) is 1. The molecule has 9 heteroatoms. The van der Waals surface area contributed by atoms with Gasteiger partial charge in [-0.2, -0.15) is 18.3 Å². The van der Waals surface area contributed by atoms with Crippen LogP contribution in [0.25, 0.3) is 0 Å². The summed E-state index contributed by atoms with van der Waals surface area (Å²) < 4.78 is 41.6. The van der Waals surface area contributed by atoms with E-state index >= 15 is 0 Å². The zero-order valence-electron chi connectivity index (χ0n) is 14.7. The summed E-state index contributed by atoms with van der Waals surface area (Å²) in [4.78, 5) is 25.3. The van der Waals surface area contributed by atoms with Gasteiger partial charge in [-0.15, -0.1) is 0 Å². The van der Waals surface area contributed by atoms with E-state index in [4.69, 9.17) is 0 Å². The van der Waals surface area contributed by atoms with Crippen LogP contribution < -0.4 is 15.8 Å². The molecule has 1 aliphatic rings. The van der Waals surface area contributed by atoms with Crippen molar-refractivity contribution in [3.05, 3.63) is 51.9 Å². The van der Waals surface area contributed by atoms with Crippen LogP contribution >= 0.6 is 0 Å². The zero-order chi connectivity index (χ0) is 19.6. The standard InChI is InChI=1S/C18H19F3N4O2/c1-24-16(26)8-6-14(23-24)17(27)22-12-5-7-15(13(11-12)18(19,20)21)25-9-3-2-4-10-25/h5-8,11H,2-4,9-10H2,1H3,(H,22,27). The van der Waals surface area contributed by atoms with E-state index in [9.17, 15) is 22.8 Å². The minimum atomic E-state index is -4.54. The fraction of sp³-hybridized carbons (Fsp3) is 0.389. The van der Waals surface area contributed by atoms with Crippen LogP contribution in [0.4, 0.5) is 24.5 Å². The number of piperidine rings is 1. The third kappa shape index (κ3) is 4.29. The Morgan fingerprint density at radius 2 is 1.81 bits per heavy atom. The number of halogens is 3. The molecule has 2 heterocycles. The van der Waals surface area contributed by atoms with Gasteiger partial charge in [-0.25, -0.2) is 4.68 Å². The molecule has 1 aliphatic heterocycles. The number of carbonyl (C=O) groups excluding carboxylic acids is 1. The second kappa shape index (κ2) is 7.42. The lowest BCUT2D eigenvalue weighted by atomic mass is 10.1. The fourth-order valence-corrected chi connectivity index (χ4v) is 3.07. The van der Waals surface area contributed by atoms with E-state index in [-0.39, 0.29) is 17.1 Å². The van der Waals surface area contributed by atoms with Gasteiger partial charge in [0.05, 0.1) is 5.56 Å². The molecule has 2 aromatic rings. The van der Waals surface area contributed by atoms with Crippen molar-refractivity contribution in [3.8, 4) is 0 Å². The van der Waals surface area contributed by atoms with Crippen molar-refractivity contribution in [1.29, 1.82) is 0 Å². The molecular weight excluding hydrogens is 361 g/mol. The number of amides is 1. The first-order valence-electron chi connectivity index (χ1n) is 8.57. The zero-order valence-corrected chi connectivity index (χ0v) is 14.7. The van der Waals surface area contributed by atoms with Crippen LogP contribution in [0.5, 0.6) is 0 Å². The highest BCUT2D eigenvalue weighted by atomic mass is 19.4. The summed E-state index contributed by atoms with van der Waals surface area (Å²) in [7, 11) is 1.38. The monoisotopic (exact) mass is 380 g/mol. The van der Waals surface area contributed by atoms with Crippen LogP contribution in [0.1, 0.15) is 35.3 Å². The molecule has 6 nitrogen and oxygen atoms in total. The molecule has 0 radical (unpaired) electrons. The minimum Gasteiger partial charge on any atom is -0.371 e. The van der Waals surface area contributed by atoms with Crippen molar-refractivity contribution in [1.82, 2.24) is 9.78 Å². The highest BCUT2D eigenvalue weighted by molar-refractivity contribution is 6.02. The first-order chi connectivity index (χ1) is 12.8. The van der Waals surface area contributed by atoms with Crippen molar-refractivity contribution in [3.63, 3.8) is 0 Å². The molecule has 1 saturated heterocycles. The number of anilines is 2. The topological polar surface area (TPSA) is 67.2 Å². The third-order valence-corrected chi connectivity index (χ3v) is 4.45. The number of aromatic nitrogens is 2. The lowest BCUT2D eigenvalue weighted by Crippen LogP contribution is -2.31. The largest absolute Gasteiger partial charge is 0.418 e. The van der Waals surface area contributed by atoms with Crippen LogP contribution in [0.3, 0.4) is 0 Å². The molecule has 1 aromatic carbocycles. The van der Waals surface area contributed by atoms with Crippen LogP contribution in [0, 0.1) is 0 Å². The van der Waals surface area contributed by atoms with E-state index in [0.717, 1.165) is 30.0 Å². The lowest BCUT2D eigenvalue weighted by molar-refractivity contribution is -0.137. The molecule has 3 rings (SSSR count). The molecule has 0 bridgehead atoms. The number of carbonyl (C=O) groups is 1. The van der Waals surface area contributed by atoms with Crippen molar-refractivity contribution >= 4 is 17.3 Å². The fourth-order valence-electron chi connectivity index (χ4n) is 3.07. The summed E-state index contributed by atoms with van der Waals surface area (Å²) in [5.41, 5.74) is -1.10. The van der Waals surface area contributed by atoms with Gasteiger partial charge in [0.15, 0.2) is 0 Å². The maximum atomic E-state index is 13.6. The number of alkyl halides is 3. The predicted octanol–water partition coefficient (Wildman–Crippen LogP) is 3.04. The van der Waals surface area contributed by atoms with Crippen molar-refractivity contribution in [2.24, 2.45) is 7.05 Å². The molecule has 1 amide bonds. The molecule has 144 valence electrons. The normalized spacial score (nSPS) is 14.9. The SMILES string of the molecule is Cn1nc(C(=O)Nc2ccc(N3CCCCC3)c(C(F)(F)F)c2)ccc1=O. The second-order valence-corrected chi connectivity index (χ2v) is 6.41. The van der Waals surface area contributed by atoms with Gasteiger partial charge in [0.2, 0.25) is 0 Å².